The number of nitrogens with one attached hydrogen (secondary N) is 1. The topological polar surface area (TPSA) is 47.0 Å². The number of aryl methyl sites for hydroxylation is 1. The second-order valence-corrected chi connectivity index (χ2v) is 4.43. The monoisotopic (exact) mass is 275 g/mol. The Hall–Kier alpha value is -2.01. The van der Waals surface area contributed by atoms with Crippen LogP contribution in [0.3, 0.4) is 0 Å². The molecule has 0 saturated carbocycles. The Balaban J connectivity index is 2.46. The van der Waals surface area contributed by atoms with Gasteiger partial charge in [-0.3, -0.25) is 0 Å². The van der Waals surface area contributed by atoms with Gasteiger partial charge in [0.05, 0.1) is 5.69 Å². The molecule has 0 fully saturated rings. The van der Waals surface area contributed by atoms with Crippen LogP contribution in [0.15, 0.2) is 24.3 Å². The molecule has 0 aliphatic heterocycles. The van der Waals surface area contributed by atoms with Crippen molar-refractivity contribution in [1.82, 2.24) is 9.97 Å². The molecule has 2 aromatic rings. The summed E-state index contributed by atoms with van der Waals surface area (Å²) in [5, 5.41) is 2.96. The van der Waals surface area contributed by atoms with Gasteiger partial charge in [0, 0.05) is 25.3 Å². The van der Waals surface area contributed by atoms with E-state index >= 15 is 0 Å². The van der Waals surface area contributed by atoms with E-state index in [-0.39, 0.29) is 5.82 Å². The average molecular weight is 275 g/mol. The van der Waals surface area contributed by atoms with E-state index in [4.69, 9.17) is 4.74 Å². The minimum Gasteiger partial charge on any atom is -0.374 e. The molecule has 0 unspecified atom stereocenters. The van der Waals surface area contributed by atoms with E-state index in [1.165, 1.54) is 6.07 Å². The molecule has 5 heteroatoms. The van der Waals surface area contributed by atoms with Crippen LogP contribution in [-0.2, 0) is 11.3 Å². The zero-order valence-corrected chi connectivity index (χ0v) is 11.9. The fourth-order valence-electron chi connectivity index (χ4n) is 1.86. The summed E-state index contributed by atoms with van der Waals surface area (Å²) in [6.45, 7) is 4.72. The minimum atomic E-state index is -0.293. The first kappa shape index (κ1) is 14.4. The Morgan fingerprint density at radius 2 is 2.05 bits per heavy atom. The van der Waals surface area contributed by atoms with Gasteiger partial charge in [0.2, 0.25) is 0 Å². The predicted octanol–water partition coefficient (Wildman–Crippen LogP) is 3.17. The number of anilines is 1. The molecule has 1 N–H and O–H groups in total. The number of halogens is 1. The SMILES string of the molecule is CCOCc1nc(NC)cc(-c2cc(C)ccc2F)n1. The second kappa shape index (κ2) is 6.43. The van der Waals surface area contributed by atoms with Crippen LogP contribution < -0.4 is 5.32 Å². The number of hydrogen-bond donors (Lipinski definition) is 1. The first-order valence-corrected chi connectivity index (χ1v) is 6.54. The van der Waals surface area contributed by atoms with Gasteiger partial charge >= 0.3 is 0 Å². The van der Waals surface area contributed by atoms with Gasteiger partial charge in [-0.15, -0.1) is 0 Å². The van der Waals surface area contributed by atoms with Crippen molar-refractivity contribution in [2.45, 2.75) is 20.5 Å². The lowest BCUT2D eigenvalue weighted by Crippen LogP contribution is -2.04. The molecule has 20 heavy (non-hydrogen) atoms. The van der Waals surface area contributed by atoms with E-state index in [9.17, 15) is 4.39 Å². The summed E-state index contributed by atoms with van der Waals surface area (Å²) < 4.78 is 19.3. The van der Waals surface area contributed by atoms with Gasteiger partial charge in [0.1, 0.15) is 18.2 Å². The molecule has 1 aromatic heterocycles. The quantitative estimate of drug-likeness (QED) is 0.910. The summed E-state index contributed by atoms with van der Waals surface area (Å²) in [5.41, 5.74) is 2.01. The number of ether oxygens (including phenoxy) is 1. The van der Waals surface area contributed by atoms with Crippen LogP contribution in [-0.4, -0.2) is 23.6 Å². The normalized spacial score (nSPS) is 10.6. The molecule has 0 radical (unpaired) electrons. The molecule has 1 aromatic carbocycles. The summed E-state index contributed by atoms with van der Waals surface area (Å²) in [5.74, 6) is 0.888. The van der Waals surface area contributed by atoms with Crippen molar-refractivity contribution >= 4 is 5.82 Å². The van der Waals surface area contributed by atoms with Gasteiger partial charge < -0.3 is 10.1 Å². The van der Waals surface area contributed by atoms with Crippen LogP contribution >= 0.6 is 0 Å². The van der Waals surface area contributed by atoms with E-state index in [2.05, 4.69) is 15.3 Å². The van der Waals surface area contributed by atoms with Gasteiger partial charge in [-0.25, -0.2) is 14.4 Å². The molecule has 106 valence electrons. The third-order valence-corrected chi connectivity index (χ3v) is 2.86. The first-order valence-electron chi connectivity index (χ1n) is 6.54. The Labute approximate surface area is 118 Å². The van der Waals surface area contributed by atoms with Crippen LogP contribution in [0.25, 0.3) is 11.3 Å². The minimum absolute atomic E-state index is 0.293. The number of benzene rings is 1. The lowest BCUT2D eigenvalue weighted by molar-refractivity contribution is 0.128. The highest BCUT2D eigenvalue weighted by Gasteiger charge is 2.10. The third-order valence-electron chi connectivity index (χ3n) is 2.86. The van der Waals surface area contributed by atoms with Crippen LogP contribution in [0.1, 0.15) is 18.3 Å². The molecule has 0 amide bonds. The van der Waals surface area contributed by atoms with Gasteiger partial charge in [-0.05, 0) is 26.0 Å². The van der Waals surface area contributed by atoms with E-state index in [1.54, 1.807) is 25.2 Å². The molecule has 0 saturated heterocycles. The molecular formula is C15H18FN3O. The van der Waals surface area contributed by atoms with Gasteiger partial charge in [0.25, 0.3) is 0 Å². The molecular weight excluding hydrogens is 257 g/mol. The first-order chi connectivity index (χ1) is 9.63. The van der Waals surface area contributed by atoms with Gasteiger partial charge in [-0.2, -0.15) is 0 Å². The largest absolute Gasteiger partial charge is 0.374 e. The molecule has 1 heterocycles. The van der Waals surface area contributed by atoms with E-state index in [0.29, 0.717) is 36.1 Å². The van der Waals surface area contributed by atoms with Gasteiger partial charge in [0.15, 0.2) is 5.82 Å². The smallest absolute Gasteiger partial charge is 0.157 e. The maximum absolute atomic E-state index is 14.0. The van der Waals surface area contributed by atoms with Crippen molar-refractivity contribution < 1.29 is 9.13 Å². The Bertz CT molecular complexity index is 602. The molecule has 0 spiro atoms. The van der Waals surface area contributed by atoms with E-state index < -0.39 is 0 Å². The summed E-state index contributed by atoms with van der Waals surface area (Å²) in [6.07, 6.45) is 0. The summed E-state index contributed by atoms with van der Waals surface area (Å²) in [6, 6.07) is 6.70. The summed E-state index contributed by atoms with van der Waals surface area (Å²) >= 11 is 0. The Morgan fingerprint density at radius 3 is 2.75 bits per heavy atom. The number of nitrogens with zero attached hydrogens (tertiary/aromatic N) is 2. The van der Waals surface area contributed by atoms with Crippen molar-refractivity contribution in [1.29, 1.82) is 0 Å². The lowest BCUT2D eigenvalue weighted by Gasteiger charge is -2.09. The highest BCUT2D eigenvalue weighted by atomic mass is 19.1. The highest BCUT2D eigenvalue weighted by Crippen LogP contribution is 2.24. The summed E-state index contributed by atoms with van der Waals surface area (Å²) in [7, 11) is 1.77. The number of rotatable bonds is 5. The molecule has 0 atom stereocenters. The Morgan fingerprint density at radius 1 is 1.25 bits per heavy atom. The predicted molar refractivity (Wildman–Crippen MR) is 77.0 cm³/mol. The Kier molecular flexibility index (Phi) is 4.63. The maximum Gasteiger partial charge on any atom is 0.157 e. The van der Waals surface area contributed by atoms with Crippen LogP contribution in [0.5, 0.6) is 0 Å². The van der Waals surface area contributed by atoms with Crippen molar-refractivity contribution in [2.24, 2.45) is 0 Å². The van der Waals surface area contributed by atoms with E-state index in [1.807, 2.05) is 13.8 Å². The maximum atomic E-state index is 14.0. The average Bonchev–Trinajstić information content (AvgIpc) is 2.47. The van der Waals surface area contributed by atoms with Crippen LogP contribution in [0.2, 0.25) is 0 Å². The fraction of sp³-hybridized carbons (Fsp3) is 0.333. The van der Waals surface area contributed by atoms with Gasteiger partial charge in [-0.1, -0.05) is 11.6 Å². The molecule has 0 bridgehead atoms. The van der Waals surface area contributed by atoms with Crippen molar-refractivity contribution in [3.05, 3.63) is 41.5 Å². The molecule has 2 rings (SSSR count). The molecule has 0 aliphatic rings. The van der Waals surface area contributed by atoms with Crippen LogP contribution in [0, 0.1) is 12.7 Å². The van der Waals surface area contributed by atoms with Crippen molar-refractivity contribution in [3.8, 4) is 11.3 Å². The molecule has 4 nitrogen and oxygen atoms in total. The number of aromatic nitrogens is 2. The standard InChI is InChI=1S/C15H18FN3O/c1-4-20-9-15-18-13(8-14(17-3)19-15)11-7-10(2)5-6-12(11)16/h5-8H,4,9H2,1-3H3,(H,17,18,19). The lowest BCUT2D eigenvalue weighted by atomic mass is 10.1. The van der Waals surface area contributed by atoms with Crippen molar-refractivity contribution in [2.75, 3.05) is 19.0 Å². The number of hydrogen-bond acceptors (Lipinski definition) is 4. The molecule has 0 aliphatic carbocycles. The zero-order chi connectivity index (χ0) is 14.5. The van der Waals surface area contributed by atoms with E-state index in [0.717, 1.165) is 5.56 Å². The fourth-order valence-corrected chi connectivity index (χ4v) is 1.86. The second-order valence-electron chi connectivity index (χ2n) is 4.43. The highest BCUT2D eigenvalue weighted by molar-refractivity contribution is 5.64. The summed E-state index contributed by atoms with van der Waals surface area (Å²) in [4.78, 5) is 8.67. The van der Waals surface area contributed by atoms with Crippen molar-refractivity contribution in [3.63, 3.8) is 0 Å². The zero-order valence-electron chi connectivity index (χ0n) is 11.9. The third kappa shape index (κ3) is 3.30. The van der Waals surface area contributed by atoms with Crippen LogP contribution in [0.4, 0.5) is 10.2 Å².